The molecule has 0 aliphatic carbocycles. The van der Waals surface area contributed by atoms with Crippen LogP contribution in [0.3, 0.4) is 0 Å². The molecule has 166 valence electrons. The average molecular weight is 452 g/mol. The summed E-state index contributed by atoms with van der Waals surface area (Å²) < 4.78 is 5.54. The fourth-order valence-electron chi connectivity index (χ4n) is 3.47. The van der Waals surface area contributed by atoms with E-state index in [1.807, 2.05) is 49.4 Å². The smallest absolute Gasteiger partial charge is 0.262 e. The fraction of sp³-hybridized carbons (Fsp3) is 0.292. The summed E-state index contributed by atoms with van der Waals surface area (Å²) in [5.41, 5.74) is 3.42. The minimum Gasteiger partial charge on any atom is -0.482 e. The highest BCUT2D eigenvalue weighted by atomic mass is 35.5. The fourth-order valence-corrected chi connectivity index (χ4v) is 3.64. The maximum absolute atomic E-state index is 12.2. The van der Waals surface area contributed by atoms with E-state index in [0.717, 1.165) is 48.8 Å². The Morgan fingerprint density at radius 2 is 1.78 bits per heavy atom. The van der Waals surface area contributed by atoms with E-state index in [4.69, 9.17) is 16.3 Å². The van der Waals surface area contributed by atoms with Crippen molar-refractivity contribution in [2.45, 2.75) is 6.92 Å². The van der Waals surface area contributed by atoms with Crippen molar-refractivity contribution in [3.63, 3.8) is 0 Å². The van der Waals surface area contributed by atoms with Crippen LogP contribution >= 0.6 is 11.6 Å². The van der Waals surface area contributed by atoms with E-state index in [2.05, 4.69) is 32.4 Å². The van der Waals surface area contributed by atoms with Gasteiger partial charge in [0.1, 0.15) is 5.75 Å². The number of amides is 1. The molecule has 0 unspecified atom stereocenters. The molecule has 2 heterocycles. The standard InChI is InChI=1S/C24H26ClN5O2/c1-17-3-8-20(25)22(15-17)32-16-24(31)26-19-6-4-18(5-7-19)21-9-10-23(28-27-21)30-13-11-29(2)12-14-30/h3-10,15H,11-14,16H2,1-2H3,(H,26,31). The first-order chi connectivity index (χ1) is 15.5. The molecule has 2 aromatic carbocycles. The van der Waals surface area contributed by atoms with Crippen molar-refractivity contribution in [2.75, 3.05) is 50.1 Å². The third kappa shape index (κ3) is 5.55. The van der Waals surface area contributed by atoms with E-state index in [9.17, 15) is 4.79 Å². The number of likely N-dealkylation sites (N-methyl/N-ethyl adjacent to an activating group) is 1. The molecule has 0 spiro atoms. The number of hydrogen-bond acceptors (Lipinski definition) is 6. The predicted octanol–water partition coefficient (Wildman–Crippen LogP) is 3.87. The SMILES string of the molecule is Cc1ccc(Cl)c(OCC(=O)Nc2ccc(-c3ccc(N4CCN(C)CC4)nn3)cc2)c1. The monoisotopic (exact) mass is 451 g/mol. The zero-order valence-corrected chi connectivity index (χ0v) is 19.0. The molecule has 32 heavy (non-hydrogen) atoms. The number of nitrogens with one attached hydrogen (secondary N) is 1. The normalized spacial score (nSPS) is 14.3. The molecule has 3 aromatic rings. The van der Waals surface area contributed by atoms with Crippen LogP contribution in [0.25, 0.3) is 11.3 Å². The van der Waals surface area contributed by atoms with Gasteiger partial charge >= 0.3 is 0 Å². The van der Waals surface area contributed by atoms with Gasteiger partial charge in [0.15, 0.2) is 12.4 Å². The molecular formula is C24H26ClN5O2. The van der Waals surface area contributed by atoms with Gasteiger partial charge in [0.25, 0.3) is 5.91 Å². The van der Waals surface area contributed by atoms with E-state index in [-0.39, 0.29) is 12.5 Å². The molecule has 1 N–H and O–H groups in total. The Hall–Kier alpha value is -3.16. The number of rotatable bonds is 6. The van der Waals surface area contributed by atoms with Crippen LogP contribution in [0.15, 0.2) is 54.6 Å². The summed E-state index contributed by atoms with van der Waals surface area (Å²) in [6.45, 7) is 5.79. The quantitative estimate of drug-likeness (QED) is 0.613. The Kier molecular flexibility index (Phi) is 6.87. The molecule has 1 aromatic heterocycles. The summed E-state index contributed by atoms with van der Waals surface area (Å²) in [6.07, 6.45) is 0. The number of piperazine rings is 1. The number of anilines is 2. The Balaban J connectivity index is 1.32. The number of aryl methyl sites for hydroxylation is 1. The largest absolute Gasteiger partial charge is 0.482 e. The van der Waals surface area contributed by atoms with Crippen molar-refractivity contribution in [1.82, 2.24) is 15.1 Å². The highest BCUT2D eigenvalue weighted by molar-refractivity contribution is 6.32. The van der Waals surface area contributed by atoms with Gasteiger partial charge in [-0.05, 0) is 55.9 Å². The lowest BCUT2D eigenvalue weighted by Crippen LogP contribution is -2.44. The second kappa shape index (κ2) is 9.97. The number of ether oxygens (including phenoxy) is 1. The van der Waals surface area contributed by atoms with Crippen LogP contribution in [-0.4, -0.2) is 60.8 Å². The number of nitrogens with zero attached hydrogens (tertiary/aromatic N) is 4. The number of benzene rings is 2. The lowest BCUT2D eigenvalue weighted by atomic mass is 10.1. The molecule has 0 atom stereocenters. The van der Waals surface area contributed by atoms with E-state index in [1.165, 1.54) is 0 Å². The molecule has 0 bridgehead atoms. The van der Waals surface area contributed by atoms with Crippen LogP contribution in [-0.2, 0) is 4.79 Å². The molecule has 1 aliphatic rings. The summed E-state index contributed by atoms with van der Waals surface area (Å²) in [6, 6.07) is 16.9. The topological polar surface area (TPSA) is 70.6 Å². The molecule has 8 heteroatoms. The summed E-state index contributed by atoms with van der Waals surface area (Å²) in [5, 5.41) is 12.1. The third-order valence-corrected chi connectivity index (χ3v) is 5.70. The Bertz CT molecular complexity index is 1060. The van der Waals surface area contributed by atoms with E-state index in [1.54, 1.807) is 12.1 Å². The molecule has 4 rings (SSSR count). The molecule has 1 fully saturated rings. The van der Waals surface area contributed by atoms with Gasteiger partial charge in [0.2, 0.25) is 0 Å². The summed E-state index contributed by atoms with van der Waals surface area (Å²) >= 11 is 6.10. The average Bonchev–Trinajstić information content (AvgIpc) is 2.81. The Morgan fingerprint density at radius 3 is 2.47 bits per heavy atom. The third-order valence-electron chi connectivity index (χ3n) is 5.39. The Morgan fingerprint density at radius 1 is 1.03 bits per heavy atom. The van der Waals surface area contributed by atoms with Crippen molar-refractivity contribution in [3.8, 4) is 17.0 Å². The van der Waals surface area contributed by atoms with Crippen molar-refractivity contribution in [3.05, 3.63) is 65.2 Å². The first-order valence-corrected chi connectivity index (χ1v) is 10.9. The number of carbonyl (C=O) groups is 1. The maximum atomic E-state index is 12.2. The second-order valence-electron chi connectivity index (χ2n) is 7.92. The van der Waals surface area contributed by atoms with Crippen LogP contribution in [0.4, 0.5) is 11.5 Å². The molecule has 1 aliphatic heterocycles. The molecule has 7 nitrogen and oxygen atoms in total. The minimum absolute atomic E-state index is 0.121. The number of aromatic nitrogens is 2. The number of halogens is 1. The number of carbonyl (C=O) groups excluding carboxylic acids is 1. The van der Waals surface area contributed by atoms with Crippen LogP contribution in [0.5, 0.6) is 5.75 Å². The van der Waals surface area contributed by atoms with Crippen molar-refractivity contribution in [2.24, 2.45) is 0 Å². The van der Waals surface area contributed by atoms with Gasteiger partial charge in [-0.3, -0.25) is 4.79 Å². The Labute approximate surface area is 193 Å². The zero-order valence-electron chi connectivity index (χ0n) is 18.2. The molecule has 1 amide bonds. The predicted molar refractivity (Wildman–Crippen MR) is 127 cm³/mol. The highest BCUT2D eigenvalue weighted by Gasteiger charge is 2.15. The summed E-state index contributed by atoms with van der Waals surface area (Å²) in [5.74, 6) is 1.14. The van der Waals surface area contributed by atoms with Crippen molar-refractivity contribution in [1.29, 1.82) is 0 Å². The summed E-state index contributed by atoms with van der Waals surface area (Å²) in [7, 11) is 2.13. The first-order valence-electron chi connectivity index (χ1n) is 10.5. The van der Waals surface area contributed by atoms with Gasteiger partial charge in [-0.25, -0.2) is 0 Å². The number of hydrogen-bond donors (Lipinski definition) is 1. The van der Waals surface area contributed by atoms with E-state index >= 15 is 0 Å². The van der Waals surface area contributed by atoms with Gasteiger partial charge in [-0.2, -0.15) is 0 Å². The second-order valence-corrected chi connectivity index (χ2v) is 8.32. The lowest BCUT2D eigenvalue weighted by Gasteiger charge is -2.32. The van der Waals surface area contributed by atoms with Gasteiger partial charge in [0.05, 0.1) is 10.7 Å². The van der Waals surface area contributed by atoms with Gasteiger partial charge in [0, 0.05) is 37.4 Å². The van der Waals surface area contributed by atoms with Gasteiger partial charge in [-0.15, -0.1) is 10.2 Å². The van der Waals surface area contributed by atoms with Crippen LogP contribution < -0.4 is 15.0 Å². The zero-order chi connectivity index (χ0) is 22.5. The first kappa shape index (κ1) is 22.0. The van der Waals surface area contributed by atoms with Gasteiger partial charge < -0.3 is 19.9 Å². The highest BCUT2D eigenvalue weighted by Crippen LogP contribution is 2.25. The minimum atomic E-state index is -0.258. The van der Waals surface area contributed by atoms with Crippen LogP contribution in [0.1, 0.15) is 5.56 Å². The summed E-state index contributed by atoms with van der Waals surface area (Å²) in [4.78, 5) is 16.8. The van der Waals surface area contributed by atoms with E-state index in [0.29, 0.717) is 16.5 Å². The van der Waals surface area contributed by atoms with Crippen molar-refractivity contribution < 1.29 is 9.53 Å². The lowest BCUT2D eigenvalue weighted by molar-refractivity contribution is -0.118. The van der Waals surface area contributed by atoms with Gasteiger partial charge in [-0.1, -0.05) is 29.8 Å². The molecule has 1 saturated heterocycles. The van der Waals surface area contributed by atoms with Crippen LogP contribution in [0, 0.1) is 6.92 Å². The molecule has 0 radical (unpaired) electrons. The maximum Gasteiger partial charge on any atom is 0.262 e. The van der Waals surface area contributed by atoms with E-state index < -0.39 is 0 Å². The van der Waals surface area contributed by atoms with Crippen molar-refractivity contribution >= 4 is 29.0 Å². The van der Waals surface area contributed by atoms with Crippen LogP contribution in [0.2, 0.25) is 5.02 Å². The molecular weight excluding hydrogens is 426 g/mol. The molecule has 0 saturated carbocycles.